The van der Waals surface area contributed by atoms with E-state index in [2.05, 4.69) is 168 Å². The molecule has 0 aliphatic carbocycles. The van der Waals surface area contributed by atoms with E-state index < -0.39 is 0 Å². The zero-order valence-electron chi connectivity index (χ0n) is 31.1. The number of furan rings is 2. The van der Waals surface area contributed by atoms with Gasteiger partial charge in [0.2, 0.25) is 0 Å². The molecule has 270 valence electrons. The van der Waals surface area contributed by atoms with E-state index >= 15 is 0 Å². The molecule has 0 fully saturated rings. The summed E-state index contributed by atoms with van der Waals surface area (Å²) >= 11 is 0. The zero-order valence-corrected chi connectivity index (χ0v) is 31.1. The second kappa shape index (κ2) is 12.5. The van der Waals surface area contributed by atoms with E-state index in [-0.39, 0.29) is 0 Å². The molecule has 2 aromatic heterocycles. The number of fused-ring (bicyclic) bond motifs is 6. The van der Waals surface area contributed by atoms with Crippen LogP contribution in [0, 0.1) is 11.3 Å². The highest BCUT2D eigenvalue weighted by molar-refractivity contribution is 6.29. The van der Waals surface area contributed by atoms with Crippen molar-refractivity contribution in [3.63, 3.8) is 0 Å². The summed E-state index contributed by atoms with van der Waals surface area (Å²) in [6.45, 7) is 0. The van der Waals surface area contributed by atoms with Gasteiger partial charge in [-0.3, -0.25) is 0 Å². The molecular weight excluding hydrogens is 711 g/mol. The van der Waals surface area contributed by atoms with Crippen molar-refractivity contribution >= 4 is 110 Å². The van der Waals surface area contributed by atoms with Gasteiger partial charge in [0, 0.05) is 49.1 Å². The lowest BCUT2D eigenvalue weighted by Crippen LogP contribution is -2.15. The Hall–Kier alpha value is -8.07. The largest absolute Gasteiger partial charge is 0.454 e. The lowest BCUT2D eigenvalue weighted by atomic mass is 9.90. The molecular formula is C53H31N3O2. The number of benzene rings is 10. The highest BCUT2D eigenvalue weighted by Gasteiger charge is 2.28. The van der Waals surface area contributed by atoms with E-state index in [0.717, 1.165) is 110 Å². The van der Waals surface area contributed by atoms with E-state index in [1.807, 2.05) is 36.4 Å². The number of hydrogen-bond acceptors (Lipinski definition) is 5. The summed E-state index contributed by atoms with van der Waals surface area (Å²) < 4.78 is 13.5. The molecule has 0 N–H and O–H groups in total. The maximum absolute atomic E-state index is 10.1. The van der Waals surface area contributed by atoms with E-state index in [4.69, 9.17) is 8.83 Å². The molecule has 0 unspecified atom stereocenters. The third-order valence-corrected chi connectivity index (χ3v) is 11.6. The molecule has 0 aliphatic heterocycles. The number of nitriles is 1. The molecule has 58 heavy (non-hydrogen) atoms. The minimum Gasteiger partial charge on any atom is -0.454 e. The van der Waals surface area contributed by atoms with Gasteiger partial charge >= 0.3 is 0 Å². The van der Waals surface area contributed by atoms with Gasteiger partial charge < -0.3 is 18.6 Å². The van der Waals surface area contributed by atoms with Crippen LogP contribution in [0.5, 0.6) is 0 Å². The Bertz CT molecular complexity index is 3370. The SMILES string of the molecule is N#Cc1cc2ccc3c(N(c4ccccc4)c4cccc5c4oc4ccccc45)cc(N(c4ccccc4)c4cccc5c4oc4ccccc45)c4ccc(c1)c2c34. The summed E-state index contributed by atoms with van der Waals surface area (Å²) in [6, 6.07) is 67.8. The van der Waals surface area contributed by atoms with Gasteiger partial charge in [0.05, 0.1) is 34.4 Å². The normalized spacial score (nSPS) is 11.8. The third kappa shape index (κ3) is 4.70. The fourth-order valence-corrected chi connectivity index (χ4v) is 9.10. The van der Waals surface area contributed by atoms with Crippen molar-refractivity contribution < 1.29 is 8.83 Å². The summed E-state index contributed by atoms with van der Waals surface area (Å²) in [7, 11) is 0. The topological polar surface area (TPSA) is 56.6 Å². The van der Waals surface area contributed by atoms with Crippen molar-refractivity contribution in [1.82, 2.24) is 0 Å². The highest BCUT2D eigenvalue weighted by atomic mass is 16.3. The van der Waals surface area contributed by atoms with E-state index in [9.17, 15) is 5.26 Å². The lowest BCUT2D eigenvalue weighted by Gasteiger charge is -2.32. The van der Waals surface area contributed by atoms with Gasteiger partial charge in [0.1, 0.15) is 11.2 Å². The van der Waals surface area contributed by atoms with Crippen LogP contribution >= 0.6 is 0 Å². The van der Waals surface area contributed by atoms with Gasteiger partial charge in [-0.2, -0.15) is 5.26 Å². The molecule has 5 nitrogen and oxygen atoms in total. The number of hydrogen-bond donors (Lipinski definition) is 0. The van der Waals surface area contributed by atoms with Gasteiger partial charge in [-0.25, -0.2) is 0 Å². The standard InChI is InChI=1S/C53H31N3O2/c54-32-33-29-34-25-27-42-46(55(36-13-3-1-4-14-36)44-21-11-19-40-38-17-7-9-23-48(38)57-52(40)44)31-47(43-28-26-35(30-33)50(34)51(42)43)56(37-15-5-2-6-16-37)45-22-12-20-41-39-18-8-10-24-49(39)58-53(41)45/h1-31H. The van der Waals surface area contributed by atoms with E-state index in [1.54, 1.807) is 0 Å². The number of para-hydroxylation sites is 6. The molecule has 0 saturated carbocycles. The summed E-state index contributed by atoms with van der Waals surface area (Å²) in [5.74, 6) is 0. The van der Waals surface area contributed by atoms with Crippen LogP contribution in [-0.2, 0) is 0 Å². The van der Waals surface area contributed by atoms with Gasteiger partial charge in [-0.1, -0.05) is 121 Å². The molecule has 0 bridgehead atoms. The van der Waals surface area contributed by atoms with Crippen LogP contribution in [0.2, 0.25) is 0 Å². The van der Waals surface area contributed by atoms with Crippen molar-refractivity contribution in [2.75, 3.05) is 9.80 Å². The molecule has 0 atom stereocenters. The second-order valence-corrected chi connectivity index (χ2v) is 14.8. The molecule has 2 heterocycles. The van der Waals surface area contributed by atoms with E-state index in [0.29, 0.717) is 5.56 Å². The molecule has 0 spiro atoms. The molecule has 0 radical (unpaired) electrons. The van der Waals surface area contributed by atoms with Crippen molar-refractivity contribution in [2.45, 2.75) is 0 Å². The Kier molecular flexibility index (Phi) is 6.92. The monoisotopic (exact) mass is 741 g/mol. The van der Waals surface area contributed by atoms with Crippen LogP contribution in [0.25, 0.3) is 76.2 Å². The summed E-state index contributed by atoms with van der Waals surface area (Å²) in [5.41, 5.74) is 9.76. The van der Waals surface area contributed by atoms with Crippen molar-refractivity contribution in [3.05, 3.63) is 194 Å². The van der Waals surface area contributed by atoms with E-state index in [1.165, 1.54) is 0 Å². The maximum Gasteiger partial charge on any atom is 0.159 e. The molecule has 10 aromatic carbocycles. The average molecular weight is 742 g/mol. The van der Waals surface area contributed by atoms with Crippen LogP contribution in [0.1, 0.15) is 5.56 Å². The number of nitrogens with zero attached hydrogens (tertiary/aromatic N) is 3. The molecule has 0 amide bonds. The Morgan fingerprint density at radius 2 is 0.810 bits per heavy atom. The van der Waals surface area contributed by atoms with Gasteiger partial charge in [-0.05, 0) is 82.9 Å². The average Bonchev–Trinajstić information content (AvgIpc) is 3.86. The van der Waals surface area contributed by atoms with Crippen LogP contribution < -0.4 is 9.80 Å². The van der Waals surface area contributed by atoms with Gasteiger partial charge in [0.25, 0.3) is 0 Å². The fourth-order valence-electron chi connectivity index (χ4n) is 9.10. The maximum atomic E-state index is 10.1. The number of rotatable bonds is 6. The molecule has 0 saturated heterocycles. The minimum atomic E-state index is 0.635. The molecule has 12 aromatic rings. The molecule has 5 heteroatoms. The van der Waals surface area contributed by atoms with Crippen LogP contribution in [-0.4, -0.2) is 0 Å². The number of anilines is 6. The van der Waals surface area contributed by atoms with Crippen LogP contribution in [0.15, 0.2) is 197 Å². The lowest BCUT2D eigenvalue weighted by molar-refractivity contribution is 0.669. The summed E-state index contributed by atoms with van der Waals surface area (Å²) in [6.07, 6.45) is 0. The Morgan fingerprint density at radius 1 is 0.362 bits per heavy atom. The predicted molar refractivity (Wildman–Crippen MR) is 239 cm³/mol. The molecule has 0 aliphatic rings. The predicted octanol–water partition coefficient (Wildman–Crippen LogP) is 15.2. The van der Waals surface area contributed by atoms with Crippen LogP contribution in [0.4, 0.5) is 34.1 Å². The van der Waals surface area contributed by atoms with Gasteiger partial charge in [-0.15, -0.1) is 0 Å². The van der Waals surface area contributed by atoms with Gasteiger partial charge in [0.15, 0.2) is 11.2 Å². The first kappa shape index (κ1) is 32.2. The fraction of sp³-hybridized carbons (Fsp3) is 0. The quantitative estimate of drug-likeness (QED) is 0.159. The first-order valence-electron chi connectivity index (χ1n) is 19.4. The van der Waals surface area contributed by atoms with Crippen LogP contribution in [0.3, 0.4) is 0 Å². The van der Waals surface area contributed by atoms with Crippen molar-refractivity contribution in [2.24, 2.45) is 0 Å². The second-order valence-electron chi connectivity index (χ2n) is 14.8. The Labute approximate surface area is 332 Å². The van der Waals surface area contributed by atoms with Crippen molar-refractivity contribution in [1.29, 1.82) is 5.26 Å². The Morgan fingerprint density at radius 3 is 1.29 bits per heavy atom. The Balaban J connectivity index is 1.25. The first-order chi connectivity index (χ1) is 28.7. The smallest absolute Gasteiger partial charge is 0.159 e. The summed E-state index contributed by atoms with van der Waals surface area (Å²) in [5, 5.41) is 20.7. The van der Waals surface area contributed by atoms with Crippen molar-refractivity contribution in [3.8, 4) is 6.07 Å². The zero-order chi connectivity index (χ0) is 38.3. The summed E-state index contributed by atoms with van der Waals surface area (Å²) in [4.78, 5) is 4.68. The third-order valence-electron chi connectivity index (χ3n) is 11.6. The first-order valence-corrected chi connectivity index (χ1v) is 19.4. The molecule has 12 rings (SSSR count). The highest BCUT2D eigenvalue weighted by Crippen LogP contribution is 2.52. The minimum absolute atomic E-state index is 0.635.